The SMILES string of the molecule is c1ccc(-c2ccccc2N(c2ccccc2-c2cccc3ccccc23)c2cccc3c2c2ccccc2n3-c2ccccc2-c2cccc3c2oc2ccccc23)cc1. The van der Waals surface area contributed by atoms with Crippen molar-refractivity contribution in [1.82, 2.24) is 4.57 Å². The number of furan rings is 1. The van der Waals surface area contributed by atoms with E-state index < -0.39 is 0 Å². The molecule has 0 aliphatic heterocycles. The third-order valence-electron chi connectivity index (χ3n) is 12.2. The molecule has 0 atom stereocenters. The van der Waals surface area contributed by atoms with Crippen LogP contribution in [0.1, 0.15) is 0 Å². The quantitative estimate of drug-likeness (QED) is 0.161. The van der Waals surface area contributed by atoms with E-state index in [1.165, 1.54) is 27.1 Å². The molecule has 0 saturated heterocycles. The lowest BCUT2D eigenvalue weighted by Crippen LogP contribution is -2.13. The van der Waals surface area contributed by atoms with E-state index in [1.54, 1.807) is 0 Å². The molecular formula is C58H38N2O. The van der Waals surface area contributed by atoms with Crippen LogP contribution in [0, 0.1) is 0 Å². The summed E-state index contributed by atoms with van der Waals surface area (Å²) < 4.78 is 9.09. The summed E-state index contributed by atoms with van der Waals surface area (Å²) in [4.78, 5) is 2.50. The lowest BCUT2D eigenvalue weighted by atomic mass is 9.95. The Morgan fingerprint density at radius 3 is 1.74 bits per heavy atom. The van der Waals surface area contributed by atoms with E-state index in [4.69, 9.17) is 4.42 Å². The standard InChI is InChI=1S/C58H38N2O/c1-2-19-40(20-3-1)42-24-6-11-32-50(42)59(51-33-12-7-25-44(51)43-29-16-22-39-21-4-5-23-41(39)43)54-36-18-37-55-57(54)49-28-9-14-35-53(49)60(55)52-34-13-8-26-45(52)47-30-17-31-48-46-27-10-15-38-56(46)61-58(47)48/h1-38H. The molecule has 12 aromatic rings. The fraction of sp³-hybridized carbons (Fsp3) is 0. The van der Waals surface area contributed by atoms with Crippen molar-refractivity contribution in [2.45, 2.75) is 0 Å². The predicted molar refractivity (Wildman–Crippen MR) is 257 cm³/mol. The second-order valence-corrected chi connectivity index (χ2v) is 15.6. The van der Waals surface area contributed by atoms with Crippen LogP contribution in [0.3, 0.4) is 0 Å². The molecule has 0 bridgehead atoms. The normalized spacial score (nSPS) is 11.6. The van der Waals surface area contributed by atoms with Crippen molar-refractivity contribution in [3.8, 4) is 39.1 Å². The molecule has 0 N–H and O–H groups in total. The van der Waals surface area contributed by atoms with Crippen molar-refractivity contribution in [1.29, 1.82) is 0 Å². The monoisotopic (exact) mass is 778 g/mol. The summed E-state index contributed by atoms with van der Waals surface area (Å²) in [6.07, 6.45) is 0. The maximum absolute atomic E-state index is 6.64. The fourth-order valence-corrected chi connectivity index (χ4v) is 9.58. The molecule has 2 aromatic heterocycles. The number of anilines is 3. The van der Waals surface area contributed by atoms with Gasteiger partial charge in [-0.1, -0.05) is 188 Å². The second-order valence-electron chi connectivity index (χ2n) is 15.6. The van der Waals surface area contributed by atoms with E-state index in [1.807, 2.05) is 6.07 Å². The van der Waals surface area contributed by atoms with Crippen LogP contribution < -0.4 is 4.90 Å². The molecule has 286 valence electrons. The van der Waals surface area contributed by atoms with Gasteiger partial charge in [-0.3, -0.25) is 0 Å². The minimum absolute atomic E-state index is 0.892. The summed E-state index contributed by atoms with van der Waals surface area (Å²) in [6, 6.07) is 83.0. The van der Waals surface area contributed by atoms with E-state index in [0.29, 0.717) is 0 Å². The van der Waals surface area contributed by atoms with E-state index in [-0.39, 0.29) is 0 Å². The van der Waals surface area contributed by atoms with Gasteiger partial charge in [-0.15, -0.1) is 0 Å². The first-order chi connectivity index (χ1) is 30.3. The van der Waals surface area contributed by atoms with Gasteiger partial charge in [0.2, 0.25) is 0 Å². The number of aromatic nitrogens is 1. The Bertz CT molecular complexity index is 3610. The van der Waals surface area contributed by atoms with Gasteiger partial charge in [-0.25, -0.2) is 0 Å². The fourth-order valence-electron chi connectivity index (χ4n) is 9.58. The average Bonchev–Trinajstić information content (AvgIpc) is 3.89. The first-order valence-corrected chi connectivity index (χ1v) is 20.9. The van der Waals surface area contributed by atoms with E-state index >= 15 is 0 Å². The minimum atomic E-state index is 0.892. The molecule has 0 aliphatic carbocycles. The van der Waals surface area contributed by atoms with Crippen LogP contribution >= 0.6 is 0 Å². The smallest absolute Gasteiger partial charge is 0.143 e. The highest BCUT2D eigenvalue weighted by Crippen LogP contribution is 2.50. The Labute approximate surface area is 353 Å². The van der Waals surface area contributed by atoms with Gasteiger partial charge >= 0.3 is 0 Å². The van der Waals surface area contributed by atoms with Crippen molar-refractivity contribution < 1.29 is 4.42 Å². The van der Waals surface area contributed by atoms with Crippen LogP contribution in [0.15, 0.2) is 235 Å². The summed E-state index contributed by atoms with van der Waals surface area (Å²) in [6.45, 7) is 0. The molecule has 0 spiro atoms. The highest BCUT2D eigenvalue weighted by Gasteiger charge is 2.26. The number of rotatable bonds is 7. The molecule has 3 nitrogen and oxygen atoms in total. The van der Waals surface area contributed by atoms with Gasteiger partial charge in [0.25, 0.3) is 0 Å². The van der Waals surface area contributed by atoms with Crippen LogP contribution in [0.5, 0.6) is 0 Å². The Kier molecular flexibility index (Phi) is 8.17. The highest BCUT2D eigenvalue weighted by atomic mass is 16.3. The highest BCUT2D eigenvalue weighted by molar-refractivity contribution is 6.18. The molecule has 0 radical (unpaired) electrons. The molecule has 61 heavy (non-hydrogen) atoms. The van der Waals surface area contributed by atoms with Crippen LogP contribution in [-0.4, -0.2) is 4.57 Å². The predicted octanol–water partition coefficient (Wildman–Crippen LogP) is 16.3. The molecule has 2 heterocycles. The molecule has 3 heteroatoms. The molecule has 0 amide bonds. The van der Waals surface area contributed by atoms with Gasteiger partial charge in [0.1, 0.15) is 11.2 Å². The van der Waals surface area contributed by atoms with Crippen LogP contribution in [-0.2, 0) is 0 Å². The lowest BCUT2D eigenvalue weighted by Gasteiger charge is -2.31. The van der Waals surface area contributed by atoms with Crippen molar-refractivity contribution in [2.75, 3.05) is 4.90 Å². The van der Waals surface area contributed by atoms with E-state index in [2.05, 4.69) is 234 Å². The van der Waals surface area contributed by atoms with Gasteiger partial charge in [-0.2, -0.15) is 0 Å². The van der Waals surface area contributed by atoms with Crippen molar-refractivity contribution in [2.24, 2.45) is 0 Å². The van der Waals surface area contributed by atoms with Gasteiger partial charge in [0.15, 0.2) is 0 Å². The van der Waals surface area contributed by atoms with E-state index in [9.17, 15) is 0 Å². The summed E-state index contributed by atoms with van der Waals surface area (Å²) in [7, 11) is 0. The molecule has 0 unspecified atom stereocenters. The topological polar surface area (TPSA) is 21.3 Å². The molecule has 12 rings (SSSR count). The zero-order valence-corrected chi connectivity index (χ0v) is 33.2. The molecule has 0 aliphatic rings. The number of fused-ring (bicyclic) bond motifs is 7. The van der Waals surface area contributed by atoms with Gasteiger partial charge < -0.3 is 13.9 Å². The number of hydrogen-bond donors (Lipinski definition) is 0. The average molecular weight is 779 g/mol. The third kappa shape index (κ3) is 5.59. The molecular weight excluding hydrogens is 741 g/mol. The van der Waals surface area contributed by atoms with Crippen LogP contribution in [0.4, 0.5) is 17.1 Å². The number of nitrogens with zero attached hydrogens (tertiary/aromatic N) is 2. The first-order valence-electron chi connectivity index (χ1n) is 20.9. The largest absolute Gasteiger partial charge is 0.455 e. The summed E-state index contributed by atoms with van der Waals surface area (Å²) in [5.41, 5.74) is 15.3. The van der Waals surface area contributed by atoms with Crippen LogP contribution in [0.2, 0.25) is 0 Å². The van der Waals surface area contributed by atoms with Crippen molar-refractivity contribution >= 4 is 71.6 Å². The maximum Gasteiger partial charge on any atom is 0.143 e. The molecule has 10 aromatic carbocycles. The Morgan fingerprint density at radius 2 is 0.869 bits per heavy atom. The lowest BCUT2D eigenvalue weighted by molar-refractivity contribution is 0.670. The molecule has 0 saturated carbocycles. The summed E-state index contributed by atoms with van der Waals surface area (Å²) in [5.74, 6) is 0. The summed E-state index contributed by atoms with van der Waals surface area (Å²) in [5, 5.41) is 7.02. The molecule has 0 fully saturated rings. The van der Waals surface area contributed by atoms with Crippen molar-refractivity contribution in [3.05, 3.63) is 231 Å². The Morgan fingerprint density at radius 1 is 0.328 bits per heavy atom. The summed E-state index contributed by atoms with van der Waals surface area (Å²) >= 11 is 0. The number of hydrogen-bond acceptors (Lipinski definition) is 2. The van der Waals surface area contributed by atoms with Crippen molar-refractivity contribution in [3.63, 3.8) is 0 Å². The maximum atomic E-state index is 6.64. The van der Waals surface area contributed by atoms with E-state index in [0.717, 1.165) is 83.5 Å². The van der Waals surface area contributed by atoms with Gasteiger partial charge in [0, 0.05) is 43.8 Å². The first kappa shape index (κ1) is 34.9. The number of para-hydroxylation sites is 6. The number of benzene rings is 10. The zero-order valence-electron chi connectivity index (χ0n) is 33.2. The van der Waals surface area contributed by atoms with Crippen LogP contribution in [0.25, 0.3) is 93.6 Å². The Hall–Kier alpha value is -8.14. The second kappa shape index (κ2) is 14.3. The zero-order chi connectivity index (χ0) is 40.3. The minimum Gasteiger partial charge on any atom is -0.455 e. The van der Waals surface area contributed by atoms with Gasteiger partial charge in [-0.05, 0) is 64.4 Å². The Balaban J connectivity index is 1.16. The van der Waals surface area contributed by atoms with Gasteiger partial charge in [0.05, 0.1) is 33.8 Å². The third-order valence-corrected chi connectivity index (χ3v) is 12.2.